The van der Waals surface area contributed by atoms with E-state index in [1.165, 1.54) is 23.3 Å². The summed E-state index contributed by atoms with van der Waals surface area (Å²) in [5.74, 6) is -0.548. The third-order valence-electron chi connectivity index (χ3n) is 5.63. The molecule has 4 heterocycles. The van der Waals surface area contributed by atoms with Crippen molar-refractivity contribution in [3.8, 4) is 11.4 Å². The summed E-state index contributed by atoms with van der Waals surface area (Å²) in [4.78, 5) is 30.0. The van der Waals surface area contributed by atoms with Crippen LogP contribution in [0, 0.1) is 0 Å². The molecule has 13 heteroatoms. The number of aliphatic hydroxyl groups is 2. The molecular weight excluding hydrogens is 509 g/mol. The first-order chi connectivity index (χ1) is 18.5. The highest BCUT2D eigenvalue weighted by Crippen LogP contribution is 2.34. The standard InChI is InChI=1S/C23H21Cl2N7O4/c1-26-22(35)18-16(33)17(34)23(36-18)32-10-29-15-20(28-7-11-3-2-4-13(24)5-11)30-19(31-21(15)32)12-6-14(25)9-27-8-12/h2-6,8-10,16-18,23,33-34H,7H2,1H3,(H,26,35)(H,28,30,31)/t16-,17+,18-,23+/m0/s1/i1D3. The summed E-state index contributed by atoms with van der Waals surface area (Å²) in [6.45, 7) is -2.47. The van der Waals surface area contributed by atoms with Crippen molar-refractivity contribution in [1.29, 1.82) is 0 Å². The number of nitrogens with zero attached hydrogens (tertiary/aromatic N) is 5. The quantitative estimate of drug-likeness (QED) is 0.293. The Labute approximate surface area is 219 Å². The highest BCUT2D eigenvalue weighted by atomic mass is 35.5. The first kappa shape index (κ1) is 20.8. The van der Waals surface area contributed by atoms with E-state index in [-0.39, 0.29) is 11.5 Å². The average Bonchev–Trinajstić information content (AvgIpc) is 3.42. The fourth-order valence-corrected chi connectivity index (χ4v) is 4.29. The van der Waals surface area contributed by atoms with Gasteiger partial charge in [-0.2, -0.15) is 0 Å². The van der Waals surface area contributed by atoms with Gasteiger partial charge in [0.2, 0.25) is 0 Å². The Balaban J connectivity index is 1.54. The lowest BCUT2D eigenvalue weighted by Gasteiger charge is -2.17. The first-order valence-corrected chi connectivity index (χ1v) is 11.4. The summed E-state index contributed by atoms with van der Waals surface area (Å²) in [5, 5.41) is 27.1. The number of pyridine rings is 1. The third kappa shape index (κ3) is 4.59. The molecular formula is C23H21Cl2N7O4. The number of hydrogen-bond donors (Lipinski definition) is 4. The van der Waals surface area contributed by atoms with E-state index in [9.17, 15) is 15.0 Å². The van der Waals surface area contributed by atoms with Crippen molar-refractivity contribution < 1.29 is 23.9 Å². The molecule has 5 rings (SSSR count). The van der Waals surface area contributed by atoms with Crippen LogP contribution in [0.15, 0.2) is 49.1 Å². The number of carbonyl (C=O) groups is 1. The summed E-state index contributed by atoms with van der Waals surface area (Å²) < 4.78 is 28.7. The number of carbonyl (C=O) groups excluding carboxylic acids is 1. The van der Waals surface area contributed by atoms with E-state index in [1.807, 2.05) is 12.1 Å². The van der Waals surface area contributed by atoms with Crippen LogP contribution in [0.2, 0.25) is 10.0 Å². The number of aromatic nitrogens is 5. The molecule has 0 spiro atoms. The number of amides is 1. The molecule has 1 amide bonds. The molecule has 4 N–H and O–H groups in total. The molecule has 3 aromatic heterocycles. The molecule has 1 aromatic carbocycles. The monoisotopic (exact) mass is 532 g/mol. The van der Waals surface area contributed by atoms with Crippen LogP contribution in [0.5, 0.6) is 0 Å². The molecule has 1 aliphatic heterocycles. The summed E-state index contributed by atoms with van der Waals surface area (Å²) in [7, 11) is 0. The van der Waals surface area contributed by atoms with Gasteiger partial charge in [0.05, 0.1) is 11.3 Å². The molecule has 0 aliphatic carbocycles. The highest BCUT2D eigenvalue weighted by molar-refractivity contribution is 6.31. The van der Waals surface area contributed by atoms with Gasteiger partial charge in [-0.15, -0.1) is 0 Å². The number of imidazole rings is 1. The van der Waals surface area contributed by atoms with Crippen molar-refractivity contribution in [2.75, 3.05) is 12.3 Å². The number of benzene rings is 1. The number of ether oxygens (including phenoxy) is 1. The molecule has 186 valence electrons. The van der Waals surface area contributed by atoms with Gasteiger partial charge in [-0.25, -0.2) is 15.0 Å². The molecule has 0 unspecified atom stereocenters. The van der Waals surface area contributed by atoms with Crippen molar-refractivity contribution in [3.63, 3.8) is 0 Å². The number of nitrogens with one attached hydrogen (secondary N) is 2. The van der Waals surface area contributed by atoms with Crippen molar-refractivity contribution in [1.82, 2.24) is 29.8 Å². The average molecular weight is 533 g/mol. The van der Waals surface area contributed by atoms with E-state index in [2.05, 4.69) is 25.3 Å². The van der Waals surface area contributed by atoms with E-state index in [0.717, 1.165) is 5.56 Å². The maximum absolute atomic E-state index is 12.4. The second kappa shape index (κ2) is 9.96. The maximum Gasteiger partial charge on any atom is 0.251 e. The van der Waals surface area contributed by atoms with E-state index in [1.54, 1.807) is 23.5 Å². The number of rotatable bonds is 6. The molecule has 1 aliphatic rings. The summed E-state index contributed by atoms with van der Waals surface area (Å²) >= 11 is 12.2. The zero-order valence-corrected chi connectivity index (χ0v) is 19.9. The van der Waals surface area contributed by atoms with E-state index in [0.29, 0.717) is 33.5 Å². The van der Waals surface area contributed by atoms with Gasteiger partial charge in [-0.05, 0) is 23.8 Å². The fraction of sp³-hybridized carbons (Fsp3) is 0.261. The van der Waals surface area contributed by atoms with Gasteiger partial charge < -0.3 is 25.6 Å². The van der Waals surface area contributed by atoms with Gasteiger partial charge in [-0.1, -0.05) is 35.3 Å². The highest BCUT2D eigenvalue weighted by Gasteiger charge is 2.47. The van der Waals surface area contributed by atoms with Gasteiger partial charge >= 0.3 is 0 Å². The Morgan fingerprint density at radius 3 is 2.83 bits per heavy atom. The molecule has 0 radical (unpaired) electrons. The number of aliphatic hydroxyl groups excluding tert-OH is 2. The molecule has 1 saturated heterocycles. The fourth-order valence-electron chi connectivity index (χ4n) is 3.90. The molecule has 0 saturated carbocycles. The second-order valence-corrected chi connectivity index (χ2v) is 8.89. The van der Waals surface area contributed by atoms with E-state index in [4.69, 9.17) is 32.1 Å². The largest absolute Gasteiger partial charge is 0.387 e. The van der Waals surface area contributed by atoms with Gasteiger partial charge in [0.1, 0.15) is 12.2 Å². The minimum absolute atomic E-state index is 0.196. The van der Waals surface area contributed by atoms with Crippen LogP contribution >= 0.6 is 23.2 Å². The second-order valence-electron chi connectivity index (χ2n) is 8.01. The molecule has 11 nitrogen and oxygen atoms in total. The number of fused-ring (bicyclic) bond motifs is 1. The molecule has 4 atom stereocenters. The van der Waals surface area contributed by atoms with Crippen LogP contribution in [0.4, 0.5) is 5.82 Å². The first-order valence-electron chi connectivity index (χ1n) is 12.2. The Kier molecular flexibility index (Phi) is 5.75. The topological polar surface area (TPSA) is 147 Å². The van der Waals surface area contributed by atoms with Crippen LogP contribution in [-0.4, -0.2) is 65.9 Å². The van der Waals surface area contributed by atoms with Crippen LogP contribution in [0.25, 0.3) is 22.6 Å². The van der Waals surface area contributed by atoms with Crippen LogP contribution in [-0.2, 0) is 16.1 Å². The summed E-state index contributed by atoms with van der Waals surface area (Å²) in [6.07, 6.45) is -2.00. The minimum Gasteiger partial charge on any atom is -0.387 e. The van der Waals surface area contributed by atoms with Gasteiger partial charge in [0, 0.05) is 40.6 Å². The van der Waals surface area contributed by atoms with Crippen molar-refractivity contribution in [2.24, 2.45) is 0 Å². The number of halogens is 2. The predicted molar refractivity (Wildman–Crippen MR) is 132 cm³/mol. The smallest absolute Gasteiger partial charge is 0.251 e. The summed E-state index contributed by atoms with van der Waals surface area (Å²) in [6, 6.07) is 8.87. The number of anilines is 1. The Bertz CT molecular complexity index is 1540. The van der Waals surface area contributed by atoms with Crippen molar-refractivity contribution in [3.05, 3.63) is 64.7 Å². The maximum atomic E-state index is 12.4. The molecule has 0 bridgehead atoms. The Hall–Kier alpha value is -3.35. The Morgan fingerprint density at radius 2 is 2.06 bits per heavy atom. The lowest BCUT2D eigenvalue weighted by Crippen LogP contribution is -2.41. The van der Waals surface area contributed by atoms with E-state index < -0.39 is 37.4 Å². The van der Waals surface area contributed by atoms with Gasteiger partial charge in [-0.3, -0.25) is 14.3 Å². The lowest BCUT2D eigenvalue weighted by atomic mass is 10.1. The summed E-state index contributed by atoms with van der Waals surface area (Å²) in [5.41, 5.74) is 1.87. The molecule has 4 aromatic rings. The Morgan fingerprint density at radius 1 is 1.19 bits per heavy atom. The molecule has 1 fully saturated rings. The normalized spacial score (nSPS) is 23.2. The van der Waals surface area contributed by atoms with Crippen LogP contribution in [0.3, 0.4) is 0 Å². The van der Waals surface area contributed by atoms with Crippen LogP contribution < -0.4 is 10.6 Å². The molecule has 36 heavy (non-hydrogen) atoms. The lowest BCUT2D eigenvalue weighted by molar-refractivity contribution is -0.137. The zero-order valence-electron chi connectivity index (χ0n) is 21.3. The SMILES string of the molecule is [2H]C([2H])([2H])NC(=O)[C@H]1O[C@@H](n2cnc3c(NCc4cccc(Cl)c4)nc(-c4cncc(Cl)c4)nc32)[C@H](O)[C@@H]1O. The number of hydrogen-bond acceptors (Lipinski definition) is 9. The third-order valence-corrected chi connectivity index (χ3v) is 6.07. The van der Waals surface area contributed by atoms with E-state index >= 15 is 0 Å². The van der Waals surface area contributed by atoms with Gasteiger partial charge in [0.15, 0.2) is 35.1 Å². The van der Waals surface area contributed by atoms with Crippen molar-refractivity contribution >= 4 is 46.1 Å². The number of likely N-dealkylation sites (N-methyl/N-ethyl adjacent to an activating group) is 1. The van der Waals surface area contributed by atoms with Crippen LogP contribution in [0.1, 0.15) is 15.9 Å². The predicted octanol–water partition coefficient (Wildman–Crippen LogP) is 2.17. The van der Waals surface area contributed by atoms with Gasteiger partial charge in [0.25, 0.3) is 5.91 Å². The van der Waals surface area contributed by atoms with Crippen molar-refractivity contribution in [2.45, 2.75) is 31.1 Å². The zero-order chi connectivity index (χ0) is 27.9. The minimum atomic E-state index is -2.80.